The van der Waals surface area contributed by atoms with E-state index in [-0.39, 0.29) is 0 Å². The van der Waals surface area contributed by atoms with Gasteiger partial charge >= 0.3 is 0 Å². The Morgan fingerprint density at radius 3 is 2.88 bits per heavy atom. The lowest BCUT2D eigenvalue weighted by Gasteiger charge is -2.24. The smallest absolute Gasteiger partial charge is 0.116 e. The van der Waals surface area contributed by atoms with Crippen LogP contribution >= 0.6 is 0 Å². The van der Waals surface area contributed by atoms with E-state index in [1.54, 1.807) is 11.0 Å². The van der Waals surface area contributed by atoms with Gasteiger partial charge in [0.2, 0.25) is 0 Å². The van der Waals surface area contributed by atoms with Crippen molar-refractivity contribution in [3.8, 4) is 11.4 Å². The van der Waals surface area contributed by atoms with Crippen molar-refractivity contribution in [2.75, 3.05) is 13.6 Å². The summed E-state index contributed by atoms with van der Waals surface area (Å²) >= 11 is 0. The average molecular weight is 229 g/mol. The van der Waals surface area contributed by atoms with Crippen LogP contribution < -0.4 is 0 Å². The third-order valence-corrected chi connectivity index (χ3v) is 3.15. The first-order valence-corrected chi connectivity index (χ1v) is 5.75. The Morgan fingerprint density at radius 1 is 1.24 bits per heavy atom. The number of fused-ring (bicyclic) bond motifs is 1. The van der Waals surface area contributed by atoms with Crippen molar-refractivity contribution in [2.24, 2.45) is 7.05 Å². The number of hydrogen-bond acceptors (Lipinski definition) is 4. The lowest BCUT2D eigenvalue weighted by molar-refractivity contribution is 0.307. The molecule has 17 heavy (non-hydrogen) atoms. The van der Waals surface area contributed by atoms with Crippen LogP contribution in [0, 0.1) is 0 Å². The van der Waals surface area contributed by atoms with E-state index in [1.165, 1.54) is 5.56 Å². The molecule has 0 saturated carbocycles. The van der Waals surface area contributed by atoms with Crippen LogP contribution in [0.3, 0.4) is 0 Å². The third kappa shape index (κ3) is 1.82. The van der Waals surface area contributed by atoms with Gasteiger partial charge in [-0.2, -0.15) is 5.10 Å². The highest BCUT2D eigenvalue weighted by Crippen LogP contribution is 2.25. The first-order chi connectivity index (χ1) is 8.24. The minimum atomic E-state index is 0.900. The average Bonchev–Trinajstić information content (AvgIpc) is 2.74. The molecule has 3 rings (SSSR count). The monoisotopic (exact) mass is 229 g/mol. The highest BCUT2D eigenvalue weighted by atomic mass is 15.3. The third-order valence-electron chi connectivity index (χ3n) is 3.15. The van der Waals surface area contributed by atoms with Gasteiger partial charge in [0, 0.05) is 31.9 Å². The van der Waals surface area contributed by atoms with Crippen molar-refractivity contribution in [3.63, 3.8) is 0 Å². The molecule has 0 spiro atoms. The van der Waals surface area contributed by atoms with Gasteiger partial charge < -0.3 is 4.90 Å². The van der Waals surface area contributed by atoms with Crippen LogP contribution in [0.4, 0.5) is 0 Å². The van der Waals surface area contributed by atoms with Crippen LogP contribution in [-0.2, 0) is 20.0 Å². The fraction of sp³-hybridized carbons (Fsp3) is 0.417. The van der Waals surface area contributed by atoms with Gasteiger partial charge in [0.1, 0.15) is 12.0 Å². The molecule has 1 aliphatic rings. The second-order valence-corrected chi connectivity index (χ2v) is 4.51. The molecule has 5 heteroatoms. The molecule has 2 aromatic heterocycles. The van der Waals surface area contributed by atoms with Crippen LogP contribution in [0.1, 0.15) is 11.3 Å². The Hall–Kier alpha value is -1.75. The Balaban J connectivity index is 2.09. The summed E-state index contributed by atoms with van der Waals surface area (Å²) in [6.45, 7) is 1.96. The van der Waals surface area contributed by atoms with Crippen molar-refractivity contribution in [1.29, 1.82) is 0 Å². The summed E-state index contributed by atoms with van der Waals surface area (Å²) in [4.78, 5) is 11.0. The molecule has 0 saturated heterocycles. The van der Waals surface area contributed by atoms with Crippen molar-refractivity contribution in [1.82, 2.24) is 24.6 Å². The summed E-state index contributed by atoms with van der Waals surface area (Å²) in [6.07, 6.45) is 4.58. The van der Waals surface area contributed by atoms with Crippen molar-refractivity contribution < 1.29 is 0 Å². The van der Waals surface area contributed by atoms with E-state index in [2.05, 4.69) is 27.0 Å². The lowest BCUT2D eigenvalue weighted by Crippen LogP contribution is -2.28. The molecule has 1 aliphatic heterocycles. The second-order valence-electron chi connectivity index (χ2n) is 4.51. The standard InChI is InChI=1S/C12H15N5/c1-16-5-3-9-11(7-16)13-8-14-12(9)10-4-6-17(2)15-10/h4,6,8H,3,5,7H2,1-2H3. The largest absolute Gasteiger partial charge is 0.300 e. The van der Waals surface area contributed by atoms with Crippen molar-refractivity contribution in [3.05, 3.63) is 29.8 Å². The van der Waals surface area contributed by atoms with Crippen LogP contribution in [0.15, 0.2) is 18.6 Å². The SMILES string of the molecule is CN1CCc2c(ncnc2-c2ccn(C)n2)C1. The maximum absolute atomic E-state index is 4.42. The van der Waals surface area contributed by atoms with E-state index < -0.39 is 0 Å². The van der Waals surface area contributed by atoms with Crippen molar-refractivity contribution in [2.45, 2.75) is 13.0 Å². The van der Waals surface area contributed by atoms with E-state index in [1.807, 2.05) is 19.3 Å². The summed E-state index contributed by atoms with van der Waals surface area (Å²) in [5, 5.41) is 4.42. The van der Waals surface area contributed by atoms with E-state index in [0.29, 0.717) is 0 Å². The molecule has 5 nitrogen and oxygen atoms in total. The Bertz CT molecular complexity index is 546. The predicted molar refractivity (Wildman–Crippen MR) is 64.3 cm³/mol. The summed E-state index contributed by atoms with van der Waals surface area (Å²) in [5.74, 6) is 0. The molecule has 0 amide bonds. The number of rotatable bonds is 1. The first-order valence-electron chi connectivity index (χ1n) is 5.75. The van der Waals surface area contributed by atoms with Gasteiger partial charge in [-0.1, -0.05) is 0 Å². The zero-order valence-electron chi connectivity index (χ0n) is 10.1. The quantitative estimate of drug-likeness (QED) is 0.728. The molecule has 0 unspecified atom stereocenters. The van der Waals surface area contributed by atoms with E-state index in [9.17, 15) is 0 Å². The summed E-state index contributed by atoms with van der Waals surface area (Å²) in [5.41, 5.74) is 4.32. The molecule has 0 fully saturated rings. The molecule has 3 heterocycles. The topological polar surface area (TPSA) is 46.8 Å². The first kappa shape index (κ1) is 10.4. The van der Waals surface area contributed by atoms with Gasteiger partial charge in [0.25, 0.3) is 0 Å². The molecular weight excluding hydrogens is 214 g/mol. The van der Waals surface area contributed by atoms with Crippen LogP contribution in [0.2, 0.25) is 0 Å². The van der Waals surface area contributed by atoms with Gasteiger partial charge in [-0.05, 0) is 19.5 Å². The Labute approximate surface area is 100 Å². The van der Waals surface area contributed by atoms with E-state index >= 15 is 0 Å². The minimum Gasteiger partial charge on any atom is -0.300 e. The van der Waals surface area contributed by atoms with Gasteiger partial charge in [-0.25, -0.2) is 9.97 Å². The maximum atomic E-state index is 4.42. The Morgan fingerprint density at radius 2 is 2.12 bits per heavy atom. The molecule has 0 N–H and O–H groups in total. The van der Waals surface area contributed by atoms with Crippen molar-refractivity contribution >= 4 is 0 Å². The number of likely N-dealkylation sites (N-methyl/N-ethyl adjacent to an activating group) is 1. The predicted octanol–water partition coefficient (Wildman–Crippen LogP) is 0.865. The maximum Gasteiger partial charge on any atom is 0.116 e. The lowest BCUT2D eigenvalue weighted by atomic mass is 10.0. The van der Waals surface area contributed by atoms with Gasteiger partial charge in [0.15, 0.2) is 0 Å². The minimum absolute atomic E-state index is 0.900. The molecule has 0 aromatic carbocycles. The summed E-state index contributed by atoms with van der Waals surface area (Å²) in [7, 11) is 4.04. The fourth-order valence-electron chi connectivity index (χ4n) is 2.25. The molecule has 88 valence electrons. The van der Waals surface area contributed by atoms with Crippen LogP contribution in [0.5, 0.6) is 0 Å². The van der Waals surface area contributed by atoms with E-state index in [4.69, 9.17) is 0 Å². The number of nitrogens with zero attached hydrogens (tertiary/aromatic N) is 5. The molecule has 0 bridgehead atoms. The van der Waals surface area contributed by atoms with Crippen LogP contribution in [0.25, 0.3) is 11.4 Å². The zero-order valence-corrected chi connectivity index (χ0v) is 10.1. The number of hydrogen-bond donors (Lipinski definition) is 0. The summed E-state index contributed by atoms with van der Waals surface area (Å²) < 4.78 is 1.80. The van der Waals surface area contributed by atoms with E-state index in [0.717, 1.165) is 36.6 Å². The molecule has 0 atom stereocenters. The number of aryl methyl sites for hydroxylation is 1. The highest BCUT2D eigenvalue weighted by molar-refractivity contribution is 5.59. The second kappa shape index (κ2) is 3.92. The fourth-order valence-corrected chi connectivity index (χ4v) is 2.25. The normalized spacial score (nSPS) is 15.9. The zero-order chi connectivity index (χ0) is 11.8. The van der Waals surface area contributed by atoms with Gasteiger partial charge in [0.05, 0.1) is 11.4 Å². The molecule has 2 aromatic rings. The molecule has 0 radical (unpaired) electrons. The highest BCUT2D eigenvalue weighted by Gasteiger charge is 2.20. The molecular formula is C12H15N5. The van der Waals surface area contributed by atoms with Crippen LogP contribution in [-0.4, -0.2) is 38.2 Å². The Kier molecular flexibility index (Phi) is 2.40. The number of aromatic nitrogens is 4. The van der Waals surface area contributed by atoms with Gasteiger partial charge in [-0.3, -0.25) is 4.68 Å². The summed E-state index contributed by atoms with van der Waals surface area (Å²) in [6, 6.07) is 2.00. The van der Waals surface area contributed by atoms with Gasteiger partial charge in [-0.15, -0.1) is 0 Å². The molecule has 0 aliphatic carbocycles.